The van der Waals surface area contributed by atoms with E-state index in [0.29, 0.717) is 11.1 Å². The maximum atomic E-state index is 13.9. The fourth-order valence-corrected chi connectivity index (χ4v) is 6.29. The van der Waals surface area contributed by atoms with Gasteiger partial charge in [0, 0.05) is 5.56 Å². The van der Waals surface area contributed by atoms with Crippen LogP contribution in [-0.2, 0) is 18.9 Å². The highest BCUT2D eigenvalue weighted by molar-refractivity contribution is 6.06. The normalized spacial score (nSPS) is 20.7. The number of anilines is 1. The van der Waals surface area contributed by atoms with Gasteiger partial charge in [-0.25, -0.2) is 29.3 Å². The van der Waals surface area contributed by atoms with Gasteiger partial charge in [-0.1, -0.05) is 72.8 Å². The number of carbonyl (C=O) groups is 4. The van der Waals surface area contributed by atoms with Crippen LogP contribution in [-0.4, -0.2) is 67.2 Å². The van der Waals surface area contributed by atoms with Crippen molar-refractivity contribution in [3.8, 4) is 0 Å². The van der Waals surface area contributed by atoms with Crippen molar-refractivity contribution in [2.45, 2.75) is 37.4 Å². The molecule has 1 fully saturated rings. The number of fused-ring (bicyclic) bond motifs is 1. The highest BCUT2D eigenvalue weighted by atomic mass is 16.7. The van der Waals surface area contributed by atoms with E-state index < -0.39 is 54.0 Å². The number of nitrogens with zero attached hydrogens (tertiary/aromatic N) is 4. The molecule has 1 N–H and O–H groups in total. The Morgan fingerprint density at radius 1 is 0.698 bits per heavy atom. The Balaban J connectivity index is 1.31. The Kier molecular flexibility index (Phi) is 9.48. The lowest BCUT2D eigenvalue weighted by atomic mass is 9.88. The Labute approximate surface area is 303 Å². The van der Waals surface area contributed by atoms with Gasteiger partial charge in [0.2, 0.25) is 0 Å². The van der Waals surface area contributed by atoms with Crippen LogP contribution in [0.4, 0.5) is 5.82 Å². The summed E-state index contributed by atoms with van der Waals surface area (Å²) in [5.41, 5.74) is -1.85. The Morgan fingerprint density at radius 3 is 1.81 bits per heavy atom. The molecule has 1 aliphatic rings. The summed E-state index contributed by atoms with van der Waals surface area (Å²) in [6.45, 7) is 2.75. The number of hydrogen-bond donors (Lipinski definition) is 1. The molecule has 2 aromatic heterocycles. The molecule has 1 saturated heterocycles. The molecule has 13 heteroatoms. The van der Waals surface area contributed by atoms with Gasteiger partial charge in [-0.15, -0.1) is 0 Å². The van der Waals surface area contributed by atoms with Gasteiger partial charge >= 0.3 is 17.9 Å². The molecule has 266 valence electrons. The Hall–Kier alpha value is -6.73. The van der Waals surface area contributed by atoms with Crippen molar-refractivity contribution in [2.24, 2.45) is 0 Å². The van der Waals surface area contributed by atoms with E-state index in [-0.39, 0.29) is 28.1 Å². The second kappa shape index (κ2) is 14.5. The number of amides is 1. The van der Waals surface area contributed by atoms with Crippen molar-refractivity contribution >= 4 is 40.8 Å². The number of esters is 3. The molecule has 6 aromatic rings. The summed E-state index contributed by atoms with van der Waals surface area (Å²) in [6, 6.07) is 33.6. The van der Waals surface area contributed by atoms with Gasteiger partial charge in [-0.05, 0) is 62.4 Å². The van der Waals surface area contributed by atoms with Crippen molar-refractivity contribution in [2.75, 3.05) is 11.9 Å². The number of rotatable bonds is 10. The van der Waals surface area contributed by atoms with Crippen LogP contribution in [0.3, 0.4) is 0 Å². The van der Waals surface area contributed by atoms with Crippen LogP contribution in [0.5, 0.6) is 0 Å². The molecular formula is C40H33N5O8. The highest BCUT2D eigenvalue weighted by Crippen LogP contribution is 2.50. The Morgan fingerprint density at radius 2 is 1.23 bits per heavy atom. The van der Waals surface area contributed by atoms with Gasteiger partial charge in [0.25, 0.3) is 5.91 Å². The quantitative estimate of drug-likeness (QED) is 0.130. The molecular weight excluding hydrogens is 678 g/mol. The lowest BCUT2D eigenvalue weighted by Crippen LogP contribution is -2.54. The van der Waals surface area contributed by atoms with E-state index >= 15 is 0 Å². The van der Waals surface area contributed by atoms with E-state index in [4.69, 9.17) is 18.9 Å². The van der Waals surface area contributed by atoms with Gasteiger partial charge in [0.1, 0.15) is 18.5 Å². The number of nitrogens with one attached hydrogen (secondary N) is 1. The molecule has 0 unspecified atom stereocenters. The first-order valence-electron chi connectivity index (χ1n) is 16.6. The first-order valence-corrected chi connectivity index (χ1v) is 16.6. The maximum Gasteiger partial charge on any atom is 0.338 e. The summed E-state index contributed by atoms with van der Waals surface area (Å²) in [4.78, 5) is 67.1. The molecule has 0 radical (unpaired) electrons. The van der Waals surface area contributed by atoms with E-state index in [2.05, 4.69) is 20.3 Å². The first-order chi connectivity index (χ1) is 25.7. The second-order valence-electron chi connectivity index (χ2n) is 12.7. The van der Waals surface area contributed by atoms with Crippen molar-refractivity contribution in [1.29, 1.82) is 0 Å². The summed E-state index contributed by atoms with van der Waals surface area (Å²) in [5, 5.41) is 2.78. The SMILES string of the molecule is C[C@]1(OC(=O)c2ccccc2)[C@H](n2cnc3c(NC(=O)c4ccccc4)ncnc32)O[C@](C)(COC(=O)c2ccccc2)[C@H]1OC(=O)c1ccccc1. The molecule has 13 nitrogen and oxygen atoms in total. The van der Waals surface area contributed by atoms with Crippen LogP contribution < -0.4 is 5.32 Å². The average molecular weight is 712 g/mol. The van der Waals surface area contributed by atoms with E-state index in [9.17, 15) is 19.2 Å². The summed E-state index contributed by atoms with van der Waals surface area (Å²) in [5.74, 6) is -2.40. The fraction of sp³-hybridized carbons (Fsp3) is 0.175. The van der Waals surface area contributed by atoms with Gasteiger partial charge in [0.15, 0.2) is 34.9 Å². The molecule has 0 aliphatic carbocycles. The fourth-order valence-electron chi connectivity index (χ4n) is 6.29. The maximum absolute atomic E-state index is 13.9. The van der Waals surface area contributed by atoms with Crippen LogP contribution in [0.25, 0.3) is 11.2 Å². The lowest BCUT2D eigenvalue weighted by molar-refractivity contribution is -0.123. The molecule has 53 heavy (non-hydrogen) atoms. The minimum absolute atomic E-state index is 0.121. The molecule has 3 heterocycles. The largest absolute Gasteiger partial charge is 0.459 e. The average Bonchev–Trinajstić information content (AvgIpc) is 3.72. The standard InChI is InChI=1S/C40H33N5O8/c1-39(23-50-34(47)27-17-9-4-10-18-27)37(51-35(48)28-19-11-5-12-20-28)40(2,52-36(49)29-21-13-6-14-22-29)38(53-39)45-25-43-30-31(41-24-42-32(30)45)44-33(46)26-15-7-3-8-16-26/h3-22,24-25,37-38H,23H2,1-2H3,(H,41,42,44,46)/t37-,38-,39-,40-/m1/s1. The minimum atomic E-state index is -1.81. The van der Waals surface area contributed by atoms with Gasteiger partial charge in [0.05, 0.1) is 23.0 Å². The highest BCUT2D eigenvalue weighted by Gasteiger charge is 2.66. The third-order valence-corrected chi connectivity index (χ3v) is 8.88. The van der Waals surface area contributed by atoms with E-state index in [1.165, 1.54) is 17.2 Å². The van der Waals surface area contributed by atoms with E-state index in [1.807, 2.05) is 0 Å². The Bertz CT molecular complexity index is 2270. The molecule has 1 amide bonds. The predicted molar refractivity (Wildman–Crippen MR) is 191 cm³/mol. The van der Waals surface area contributed by atoms with Gasteiger partial charge < -0.3 is 24.3 Å². The third kappa shape index (κ3) is 6.97. The summed E-state index contributed by atoms with van der Waals surface area (Å²) >= 11 is 0. The monoisotopic (exact) mass is 711 g/mol. The van der Waals surface area contributed by atoms with E-state index in [1.54, 1.807) is 135 Å². The molecule has 1 aliphatic heterocycles. The van der Waals surface area contributed by atoms with E-state index in [0.717, 1.165) is 0 Å². The van der Waals surface area contributed by atoms with Crippen LogP contribution in [0.1, 0.15) is 61.5 Å². The number of ether oxygens (including phenoxy) is 4. The first kappa shape index (κ1) is 34.7. The second-order valence-corrected chi connectivity index (χ2v) is 12.7. The van der Waals surface area contributed by atoms with Crippen molar-refractivity contribution in [1.82, 2.24) is 19.5 Å². The molecule has 0 spiro atoms. The summed E-state index contributed by atoms with van der Waals surface area (Å²) < 4.78 is 26.5. The minimum Gasteiger partial charge on any atom is -0.459 e. The van der Waals surface area contributed by atoms with Crippen molar-refractivity contribution < 1.29 is 38.1 Å². The van der Waals surface area contributed by atoms with Gasteiger partial charge in [-0.2, -0.15) is 0 Å². The zero-order valence-corrected chi connectivity index (χ0v) is 28.6. The molecule has 4 aromatic carbocycles. The van der Waals surface area contributed by atoms with Crippen molar-refractivity contribution in [3.05, 3.63) is 156 Å². The number of carbonyl (C=O) groups excluding carboxylic acids is 4. The third-order valence-electron chi connectivity index (χ3n) is 8.88. The molecule has 4 atom stereocenters. The topological polar surface area (TPSA) is 161 Å². The van der Waals surface area contributed by atoms with Gasteiger partial charge in [-0.3, -0.25) is 9.36 Å². The smallest absolute Gasteiger partial charge is 0.338 e. The summed E-state index contributed by atoms with van der Waals surface area (Å²) in [6.07, 6.45) is -0.00616. The molecule has 0 saturated carbocycles. The van der Waals surface area contributed by atoms with Crippen LogP contribution in [0.15, 0.2) is 134 Å². The number of imidazole rings is 1. The van der Waals surface area contributed by atoms with Crippen LogP contribution in [0.2, 0.25) is 0 Å². The summed E-state index contributed by atoms with van der Waals surface area (Å²) in [7, 11) is 0. The lowest BCUT2D eigenvalue weighted by Gasteiger charge is -2.36. The molecule has 0 bridgehead atoms. The zero-order valence-electron chi connectivity index (χ0n) is 28.6. The predicted octanol–water partition coefficient (Wildman–Crippen LogP) is 6.06. The van der Waals surface area contributed by atoms with Crippen LogP contribution in [0, 0.1) is 0 Å². The number of hydrogen-bond acceptors (Lipinski definition) is 11. The zero-order chi connectivity index (χ0) is 37.0. The number of aromatic nitrogens is 4. The molecule has 7 rings (SSSR count). The van der Waals surface area contributed by atoms with Crippen molar-refractivity contribution in [3.63, 3.8) is 0 Å². The van der Waals surface area contributed by atoms with Crippen LogP contribution >= 0.6 is 0 Å². The number of benzene rings is 4.